The normalized spacial score (nSPS) is 13.3. The Labute approximate surface area is 126 Å². The van der Waals surface area contributed by atoms with Gasteiger partial charge in [-0.1, -0.05) is 18.2 Å². The van der Waals surface area contributed by atoms with Gasteiger partial charge in [-0.25, -0.2) is 0 Å². The van der Waals surface area contributed by atoms with Gasteiger partial charge < -0.3 is 9.73 Å². The lowest BCUT2D eigenvalue weighted by molar-refractivity contribution is 0.0921. The Morgan fingerprint density at radius 1 is 1.30 bits per heavy atom. The lowest BCUT2D eigenvalue weighted by atomic mass is 10.1. The zero-order valence-corrected chi connectivity index (χ0v) is 12.9. The molecule has 0 unspecified atom stereocenters. The minimum absolute atomic E-state index is 0.173. The molecule has 0 fully saturated rings. The number of rotatable bonds is 3. The third-order valence-electron chi connectivity index (χ3n) is 3.71. The van der Waals surface area contributed by atoms with Crippen LogP contribution in [0.25, 0.3) is 0 Å². The van der Waals surface area contributed by atoms with Gasteiger partial charge in [0, 0.05) is 12.1 Å². The number of carbonyl (C=O) groups is 1. The quantitative estimate of drug-likeness (QED) is 0.928. The van der Waals surface area contributed by atoms with Crippen LogP contribution in [0.2, 0.25) is 0 Å². The van der Waals surface area contributed by atoms with E-state index in [0.29, 0.717) is 17.0 Å². The Morgan fingerprint density at radius 3 is 2.85 bits per heavy atom. The fourth-order valence-electron chi connectivity index (χ4n) is 2.67. The van der Waals surface area contributed by atoms with E-state index in [1.807, 2.05) is 6.92 Å². The second-order valence-corrected chi connectivity index (χ2v) is 5.98. The number of carbonyl (C=O) groups excluding carboxylic acids is 1. The summed E-state index contributed by atoms with van der Waals surface area (Å²) < 4.78 is 5.92. The molecule has 3 rings (SSSR count). The van der Waals surface area contributed by atoms with Crippen molar-refractivity contribution in [3.8, 4) is 0 Å². The average Bonchev–Trinajstić information content (AvgIpc) is 3.01. The summed E-state index contributed by atoms with van der Waals surface area (Å²) in [4.78, 5) is 12.1. The number of hydrogen-bond donors (Lipinski definition) is 1. The highest BCUT2D eigenvalue weighted by Crippen LogP contribution is 2.23. The van der Waals surface area contributed by atoms with Gasteiger partial charge in [0.2, 0.25) is 0 Å². The van der Waals surface area contributed by atoms with Gasteiger partial charge in [0.1, 0.15) is 0 Å². The average molecular weight is 334 g/mol. The second kappa shape index (κ2) is 5.44. The van der Waals surface area contributed by atoms with Crippen molar-refractivity contribution < 1.29 is 9.21 Å². The van der Waals surface area contributed by atoms with Crippen LogP contribution in [0, 0.1) is 6.92 Å². The SMILES string of the molecule is Cc1cc(Br)oc1C(=O)NCc1ccc2c(c1)CCC2. The second-order valence-electron chi connectivity index (χ2n) is 5.20. The first kappa shape index (κ1) is 13.4. The molecule has 0 aliphatic heterocycles. The predicted octanol–water partition coefficient (Wildman–Crippen LogP) is 3.77. The molecule has 1 amide bonds. The van der Waals surface area contributed by atoms with Crippen molar-refractivity contribution in [3.05, 3.63) is 56.9 Å². The Hall–Kier alpha value is -1.55. The standard InChI is InChI=1S/C16H16BrNO2/c1-10-7-14(17)20-15(10)16(19)18-9-11-5-6-12-3-2-4-13(12)8-11/h5-8H,2-4,9H2,1H3,(H,18,19). The minimum Gasteiger partial charge on any atom is -0.444 e. The molecule has 4 heteroatoms. The largest absolute Gasteiger partial charge is 0.444 e. The van der Waals surface area contributed by atoms with Gasteiger partial charge in [-0.15, -0.1) is 0 Å². The summed E-state index contributed by atoms with van der Waals surface area (Å²) in [5.41, 5.74) is 4.85. The summed E-state index contributed by atoms with van der Waals surface area (Å²) in [7, 11) is 0. The van der Waals surface area contributed by atoms with E-state index in [0.717, 1.165) is 17.5 Å². The third kappa shape index (κ3) is 2.66. The van der Waals surface area contributed by atoms with Gasteiger partial charge >= 0.3 is 0 Å². The van der Waals surface area contributed by atoms with Gasteiger partial charge in [0.25, 0.3) is 5.91 Å². The summed E-state index contributed by atoms with van der Waals surface area (Å²) >= 11 is 3.23. The highest BCUT2D eigenvalue weighted by molar-refractivity contribution is 9.10. The van der Waals surface area contributed by atoms with Gasteiger partial charge in [0.15, 0.2) is 10.4 Å². The Bertz CT molecular complexity index is 660. The smallest absolute Gasteiger partial charge is 0.287 e. The molecule has 0 spiro atoms. The van der Waals surface area contributed by atoms with Crippen molar-refractivity contribution >= 4 is 21.8 Å². The molecule has 0 saturated carbocycles. The van der Waals surface area contributed by atoms with Crippen LogP contribution in [-0.2, 0) is 19.4 Å². The molecule has 1 aromatic carbocycles. The molecule has 3 nitrogen and oxygen atoms in total. The van der Waals surface area contributed by atoms with Crippen molar-refractivity contribution in [2.75, 3.05) is 0 Å². The maximum Gasteiger partial charge on any atom is 0.287 e. The lowest BCUT2D eigenvalue weighted by Gasteiger charge is -2.06. The molecule has 0 saturated heterocycles. The van der Waals surface area contributed by atoms with Crippen molar-refractivity contribution in [2.24, 2.45) is 0 Å². The molecule has 104 valence electrons. The molecule has 1 aliphatic rings. The van der Waals surface area contributed by atoms with Crippen molar-refractivity contribution in [1.82, 2.24) is 5.32 Å². The summed E-state index contributed by atoms with van der Waals surface area (Å²) in [6, 6.07) is 8.27. The van der Waals surface area contributed by atoms with Crippen LogP contribution in [0.5, 0.6) is 0 Å². The number of benzene rings is 1. The monoisotopic (exact) mass is 333 g/mol. The fraction of sp³-hybridized carbons (Fsp3) is 0.312. The summed E-state index contributed by atoms with van der Waals surface area (Å²) in [6.07, 6.45) is 3.58. The summed E-state index contributed by atoms with van der Waals surface area (Å²) in [6.45, 7) is 2.39. The topological polar surface area (TPSA) is 42.2 Å². The van der Waals surface area contributed by atoms with E-state index < -0.39 is 0 Å². The van der Waals surface area contributed by atoms with Crippen LogP contribution in [0.4, 0.5) is 0 Å². The van der Waals surface area contributed by atoms with Gasteiger partial charge in [0.05, 0.1) is 0 Å². The molecule has 0 atom stereocenters. The first-order valence-electron chi connectivity index (χ1n) is 6.78. The van der Waals surface area contributed by atoms with Gasteiger partial charge in [-0.3, -0.25) is 4.79 Å². The molecule has 20 heavy (non-hydrogen) atoms. The minimum atomic E-state index is -0.173. The molecule has 2 aromatic rings. The maximum atomic E-state index is 12.1. The van der Waals surface area contributed by atoms with Crippen LogP contribution in [0.15, 0.2) is 33.4 Å². The van der Waals surface area contributed by atoms with E-state index >= 15 is 0 Å². The molecule has 0 bridgehead atoms. The molecule has 1 N–H and O–H groups in total. The molecule has 1 aliphatic carbocycles. The van der Waals surface area contributed by atoms with Gasteiger partial charge in [-0.05, 0) is 64.9 Å². The first-order chi connectivity index (χ1) is 9.63. The van der Waals surface area contributed by atoms with Crippen LogP contribution >= 0.6 is 15.9 Å². The summed E-state index contributed by atoms with van der Waals surface area (Å²) in [5, 5.41) is 2.91. The number of aryl methyl sites for hydroxylation is 3. The Morgan fingerprint density at radius 2 is 2.10 bits per heavy atom. The van der Waals surface area contributed by atoms with Crippen LogP contribution < -0.4 is 5.32 Å². The zero-order chi connectivity index (χ0) is 14.1. The Balaban J connectivity index is 1.67. The maximum absolute atomic E-state index is 12.1. The van der Waals surface area contributed by atoms with E-state index in [4.69, 9.17) is 4.42 Å². The van der Waals surface area contributed by atoms with E-state index in [9.17, 15) is 4.79 Å². The Kier molecular flexibility index (Phi) is 3.66. The number of nitrogens with one attached hydrogen (secondary N) is 1. The zero-order valence-electron chi connectivity index (χ0n) is 11.3. The third-order valence-corrected chi connectivity index (χ3v) is 4.10. The number of fused-ring (bicyclic) bond motifs is 1. The van der Waals surface area contributed by atoms with Crippen molar-refractivity contribution in [1.29, 1.82) is 0 Å². The molecule has 0 radical (unpaired) electrons. The molecular formula is C16H16BrNO2. The van der Waals surface area contributed by atoms with Crippen LogP contribution in [-0.4, -0.2) is 5.91 Å². The fourth-order valence-corrected chi connectivity index (χ4v) is 3.17. The van der Waals surface area contributed by atoms with Crippen molar-refractivity contribution in [2.45, 2.75) is 32.7 Å². The highest BCUT2D eigenvalue weighted by atomic mass is 79.9. The van der Waals surface area contributed by atoms with E-state index in [2.05, 4.69) is 39.4 Å². The number of halogens is 1. The predicted molar refractivity (Wildman–Crippen MR) is 80.8 cm³/mol. The van der Waals surface area contributed by atoms with E-state index in [-0.39, 0.29) is 5.91 Å². The van der Waals surface area contributed by atoms with Crippen LogP contribution in [0.3, 0.4) is 0 Å². The molecule has 1 aromatic heterocycles. The van der Waals surface area contributed by atoms with Crippen molar-refractivity contribution in [3.63, 3.8) is 0 Å². The van der Waals surface area contributed by atoms with Gasteiger partial charge in [-0.2, -0.15) is 0 Å². The summed E-state index contributed by atoms with van der Waals surface area (Å²) in [5.74, 6) is 0.201. The number of hydrogen-bond acceptors (Lipinski definition) is 2. The van der Waals surface area contributed by atoms with Crippen LogP contribution in [0.1, 0.15) is 39.2 Å². The number of furan rings is 1. The molecule has 1 heterocycles. The first-order valence-corrected chi connectivity index (χ1v) is 7.57. The highest BCUT2D eigenvalue weighted by Gasteiger charge is 2.15. The lowest BCUT2D eigenvalue weighted by Crippen LogP contribution is -2.23. The molecular weight excluding hydrogens is 318 g/mol. The van der Waals surface area contributed by atoms with E-state index in [1.54, 1.807) is 6.07 Å². The number of amides is 1. The van der Waals surface area contributed by atoms with E-state index in [1.165, 1.54) is 24.0 Å².